The molecular weight excluding hydrogens is 256 g/mol. The highest BCUT2D eigenvalue weighted by Crippen LogP contribution is 2.40. The van der Waals surface area contributed by atoms with Crippen molar-refractivity contribution in [2.45, 2.75) is 31.0 Å². The Morgan fingerprint density at radius 3 is 2.24 bits per heavy atom. The molecule has 0 amide bonds. The van der Waals surface area contributed by atoms with Crippen LogP contribution in [0.5, 0.6) is 5.75 Å². The van der Waals surface area contributed by atoms with Crippen molar-refractivity contribution in [1.29, 1.82) is 0 Å². The third-order valence-electron chi connectivity index (χ3n) is 1.93. The van der Waals surface area contributed by atoms with Crippen molar-refractivity contribution in [2.24, 2.45) is 0 Å². The molecule has 1 aromatic carbocycles. The van der Waals surface area contributed by atoms with Gasteiger partial charge in [0, 0.05) is 0 Å². The van der Waals surface area contributed by atoms with E-state index in [2.05, 4.69) is 0 Å². The van der Waals surface area contributed by atoms with Crippen molar-refractivity contribution in [2.75, 3.05) is 6.26 Å². The fraction of sp³-hybridized carbons (Fsp3) is 0.455. The number of ether oxygens (including phenoxy) is 1. The first-order chi connectivity index (χ1) is 7.77. The molecule has 1 rings (SSSR count). The first kappa shape index (κ1) is 14.2. The van der Waals surface area contributed by atoms with E-state index in [1.807, 2.05) is 0 Å². The Hall–Kier alpha value is -0.910. The van der Waals surface area contributed by atoms with Crippen LogP contribution in [-0.2, 0) is 6.18 Å². The maximum Gasteiger partial charge on any atom is 0.417 e. The summed E-state index contributed by atoms with van der Waals surface area (Å²) in [6, 6.07) is 1.85. The second-order valence-electron chi connectivity index (χ2n) is 3.62. The lowest BCUT2D eigenvalue weighted by Gasteiger charge is -2.16. The summed E-state index contributed by atoms with van der Waals surface area (Å²) in [4.78, 5) is -0.435. The molecule has 0 unspecified atom stereocenters. The third-order valence-corrected chi connectivity index (χ3v) is 2.74. The summed E-state index contributed by atoms with van der Waals surface area (Å²) in [5.41, 5.74) is -0.974. The molecule has 0 fully saturated rings. The van der Waals surface area contributed by atoms with Gasteiger partial charge in [0.15, 0.2) is 11.6 Å². The fourth-order valence-corrected chi connectivity index (χ4v) is 1.99. The van der Waals surface area contributed by atoms with Gasteiger partial charge in [-0.3, -0.25) is 0 Å². The molecule has 0 saturated heterocycles. The lowest BCUT2D eigenvalue weighted by atomic mass is 10.2. The molecule has 0 radical (unpaired) electrons. The second kappa shape index (κ2) is 5.16. The SMILES string of the molecule is CSc1c(C(F)(F)F)ccc(OC(C)C)c1F. The molecule has 0 heterocycles. The zero-order chi connectivity index (χ0) is 13.2. The van der Waals surface area contributed by atoms with Gasteiger partial charge in [0.2, 0.25) is 0 Å². The molecule has 0 atom stereocenters. The summed E-state index contributed by atoms with van der Waals surface area (Å²) in [6.45, 7) is 3.35. The second-order valence-corrected chi connectivity index (χ2v) is 4.44. The fourth-order valence-electron chi connectivity index (χ4n) is 1.31. The predicted molar refractivity (Wildman–Crippen MR) is 58.9 cm³/mol. The molecule has 17 heavy (non-hydrogen) atoms. The molecule has 0 aromatic heterocycles. The molecule has 0 saturated carbocycles. The lowest BCUT2D eigenvalue weighted by Crippen LogP contribution is -2.11. The van der Waals surface area contributed by atoms with E-state index in [9.17, 15) is 17.6 Å². The maximum atomic E-state index is 13.8. The van der Waals surface area contributed by atoms with E-state index >= 15 is 0 Å². The number of hydrogen-bond acceptors (Lipinski definition) is 2. The minimum atomic E-state index is -4.56. The van der Waals surface area contributed by atoms with Crippen LogP contribution in [0.25, 0.3) is 0 Å². The monoisotopic (exact) mass is 268 g/mol. The maximum absolute atomic E-state index is 13.8. The molecule has 0 aliphatic heterocycles. The Morgan fingerprint density at radius 1 is 1.24 bits per heavy atom. The van der Waals surface area contributed by atoms with Gasteiger partial charge in [0.25, 0.3) is 0 Å². The molecule has 0 bridgehead atoms. The van der Waals surface area contributed by atoms with Crippen LogP contribution in [0.4, 0.5) is 17.6 Å². The van der Waals surface area contributed by atoms with Crippen LogP contribution in [-0.4, -0.2) is 12.4 Å². The van der Waals surface area contributed by atoms with Gasteiger partial charge in [-0.2, -0.15) is 13.2 Å². The molecule has 0 N–H and O–H groups in total. The number of benzene rings is 1. The lowest BCUT2D eigenvalue weighted by molar-refractivity contribution is -0.140. The summed E-state index contributed by atoms with van der Waals surface area (Å²) in [7, 11) is 0. The molecule has 6 heteroatoms. The molecule has 0 aliphatic carbocycles. The number of alkyl halides is 3. The highest BCUT2D eigenvalue weighted by molar-refractivity contribution is 7.98. The van der Waals surface area contributed by atoms with E-state index in [1.54, 1.807) is 13.8 Å². The first-order valence-corrected chi connectivity index (χ1v) is 6.10. The minimum Gasteiger partial charge on any atom is -0.488 e. The first-order valence-electron chi connectivity index (χ1n) is 4.87. The summed E-state index contributed by atoms with van der Waals surface area (Å²) in [5, 5.41) is 0. The van der Waals surface area contributed by atoms with Crippen molar-refractivity contribution in [3.05, 3.63) is 23.5 Å². The van der Waals surface area contributed by atoms with Crippen molar-refractivity contribution in [1.82, 2.24) is 0 Å². The van der Waals surface area contributed by atoms with Crippen LogP contribution in [0, 0.1) is 5.82 Å². The highest BCUT2D eigenvalue weighted by Gasteiger charge is 2.35. The summed E-state index contributed by atoms with van der Waals surface area (Å²) in [5.74, 6) is -1.11. The average Bonchev–Trinajstić information content (AvgIpc) is 2.18. The van der Waals surface area contributed by atoms with E-state index in [0.29, 0.717) is 11.8 Å². The highest BCUT2D eigenvalue weighted by atomic mass is 32.2. The zero-order valence-electron chi connectivity index (χ0n) is 9.56. The number of rotatable bonds is 3. The van der Waals surface area contributed by atoms with Gasteiger partial charge in [0.05, 0.1) is 16.6 Å². The summed E-state index contributed by atoms with van der Waals surface area (Å²) in [6.07, 6.45) is -3.46. The standard InChI is InChI=1S/C11H12F4OS/c1-6(2)16-8-5-4-7(11(13,14)15)10(17-3)9(8)12/h4-6H,1-3H3. The topological polar surface area (TPSA) is 9.23 Å². The Balaban J connectivity index is 3.27. The molecule has 0 spiro atoms. The van der Waals surface area contributed by atoms with Gasteiger partial charge >= 0.3 is 6.18 Å². The van der Waals surface area contributed by atoms with Crippen LogP contribution in [0.3, 0.4) is 0 Å². The van der Waals surface area contributed by atoms with E-state index < -0.39 is 22.5 Å². The summed E-state index contributed by atoms with van der Waals surface area (Å²) >= 11 is 0.715. The van der Waals surface area contributed by atoms with Crippen LogP contribution in [0.15, 0.2) is 17.0 Å². The molecule has 96 valence electrons. The largest absolute Gasteiger partial charge is 0.488 e. The Kier molecular flexibility index (Phi) is 4.30. The molecule has 1 nitrogen and oxygen atoms in total. The van der Waals surface area contributed by atoms with Crippen molar-refractivity contribution >= 4 is 11.8 Å². The zero-order valence-corrected chi connectivity index (χ0v) is 10.4. The van der Waals surface area contributed by atoms with Crippen LogP contribution < -0.4 is 4.74 Å². The van der Waals surface area contributed by atoms with E-state index in [4.69, 9.17) is 4.74 Å². The van der Waals surface area contributed by atoms with Crippen molar-refractivity contribution in [3.63, 3.8) is 0 Å². The van der Waals surface area contributed by atoms with Crippen molar-refractivity contribution in [3.8, 4) is 5.75 Å². The summed E-state index contributed by atoms with van der Waals surface area (Å²) < 4.78 is 56.6. The molecule has 1 aromatic rings. The van der Waals surface area contributed by atoms with Gasteiger partial charge < -0.3 is 4.74 Å². The van der Waals surface area contributed by atoms with Crippen molar-refractivity contribution < 1.29 is 22.3 Å². The Labute approximate surface area is 101 Å². The Morgan fingerprint density at radius 2 is 1.82 bits per heavy atom. The van der Waals surface area contributed by atoms with Crippen LogP contribution in [0.2, 0.25) is 0 Å². The number of halogens is 4. The van der Waals surface area contributed by atoms with E-state index in [1.165, 1.54) is 6.26 Å². The quantitative estimate of drug-likeness (QED) is 0.595. The molecule has 0 aliphatic rings. The van der Waals surface area contributed by atoms with Gasteiger partial charge in [-0.15, -0.1) is 11.8 Å². The smallest absolute Gasteiger partial charge is 0.417 e. The number of thioether (sulfide) groups is 1. The predicted octanol–water partition coefficient (Wildman–Crippen LogP) is 4.35. The average molecular weight is 268 g/mol. The third kappa shape index (κ3) is 3.28. The van der Waals surface area contributed by atoms with Crippen LogP contribution in [0.1, 0.15) is 19.4 Å². The minimum absolute atomic E-state index is 0.155. The van der Waals surface area contributed by atoms with Gasteiger partial charge in [-0.05, 0) is 32.2 Å². The van der Waals surface area contributed by atoms with Gasteiger partial charge in [-0.25, -0.2) is 4.39 Å². The number of hydrogen-bond donors (Lipinski definition) is 0. The van der Waals surface area contributed by atoms with Gasteiger partial charge in [0.1, 0.15) is 0 Å². The Bertz CT molecular complexity index is 401. The van der Waals surface area contributed by atoms with E-state index in [-0.39, 0.29) is 11.9 Å². The van der Waals surface area contributed by atoms with E-state index in [0.717, 1.165) is 12.1 Å². The normalized spacial score (nSPS) is 12.0. The molecular formula is C11H12F4OS. The van der Waals surface area contributed by atoms with Crippen LogP contribution >= 0.6 is 11.8 Å². The van der Waals surface area contributed by atoms with Gasteiger partial charge in [-0.1, -0.05) is 0 Å².